The number of carbonyl (C=O) groups excluding carboxylic acids is 1. The van der Waals surface area contributed by atoms with Gasteiger partial charge in [-0.25, -0.2) is 9.97 Å². The van der Waals surface area contributed by atoms with Gasteiger partial charge in [-0.05, 0) is 61.6 Å². The summed E-state index contributed by atoms with van der Waals surface area (Å²) in [5.41, 5.74) is 10.8. The Kier molecular flexibility index (Phi) is 5.74. The molecule has 4 aromatic rings. The first kappa shape index (κ1) is 24.3. The normalized spacial score (nSPS) is 23.0. The number of nitrogens with two attached hydrogens (primary N) is 1. The molecule has 3 aliphatic rings. The number of aromatic nitrogens is 3. The number of nitrogens with zero attached hydrogens (tertiary/aromatic N) is 4. The zero-order valence-electron chi connectivity index (χ0n) is 22.4. The molecule has 2 aliphatic heterocycles. The summed E-state index contributed by atoms with van der Waals surface area (Å²) in [4.78, 5) is 24.0. The number of aliphatic hydroxyl groups is 1. The molecule has 39 heavy (non-hydrogen) atoms. The zero-order valence-corrected chi connectivity index (χ0v) is 22.4. The van der Waals surface area contributed by atoms with Crippen molar-refractivity contribution >= 4 is 17.2 Å². The van der Waals surface area contributed by atoms with Crippen molar-refractivity contribution in [3.05, 3.63) is 83.4 Å². The van der Waals surface area contributed by atoms with Gasteiger partial charge in [0.2, 0.25) is 5.91 Å². The van der Waals surface area contributed by atoms with Crippen LogP contribution in [0.1, 0.15) is 86.2 Å². The molecular formula is C32H35N5O2. The number of hydrogen-bond acceptors (Lipinski definition) is 5. The molecule has 0 radical (unpaired) electrons. The topological polar surface area (TPSA) is 96.8 Å². The van der Waals surface area contributed by atoms with E-state index in [9.17, 15) is 9.90 Å². The Hall–Kier alpha value is -3.71. The van der Waals surface area contributed by atoms with E-state index in [4.69, 9.17) is 10.7 Å². The SMILES string of the molecule is CC(O)(c1ccc(-c2nc([C@@H]3CC[C@H]4CCC(=O)N4C3)n3ccnc(N)c23)cc1)c1cccc(C2CCC2)c1. The van der Waals surface area contributed by atoms with Crippen LogP contribution in [0.25, 0.3) is 16.8 Å². The van der Waals surface area contributed by atoms with E-state index in [0.717, 1.165) is 53.0 Å². The third kappa shape index (κ3) is 4.02. The molecule has 4 heterocycles. The van der Waals surface area contributed by atoms with Crippen LogP contribution in [0.5, 0.6) is 0 Å². The van der Waals surface area contributed by atoms with Gasteiger partial charge in [0.05, 0.1) is 0 Å². The fourth-order valence-corrected chi connectivity index (χ4v) is 6.81. The van der Waals surface area contributed by atoms with Crippen LogP contribution in [0.3, 0.4) is 0 Å². The first-order valence-corrected chi connectivity index (χ1v) is 14.3. The van der Waals surface area contributed by atoms with Gasteiger partial charge in [0.1, 0.15) is 28.5 Å². The lowest BCUT2D eigenvalue weighted by molar-refractivity contribution is -0.130. The van der Waals surface area contributed by atoms with Gasteiger partial charge in [-0.2, -0.15) is 0 Å². The average Bonchev–Trinajstić information content (AvgIpc) is 3.49. The van der Waals surface area contributed by atoms with Crippen molar-refractivity contribution < 1.29 is 9.90 Å². The zero-order chi connectivity index (χ0) is 26.7. The Labute approximate surface area is 228 Å². The van der Waals surface area contributed by atoms with Crippen molar-refractivity contribution in [1.29, 1.82) is 0 Å². The van der Waals surface area contributed by atoms with Crippen LogP contribution < -0.4 is 5.73 Å². The summed E-state index contributed by atoms with van der Waals surface area (Å²) in [6, 6.07) is 16.8. The minimum Gasteiger partial charge on any atom is -0.382 e. The van der Waals surface area contributed by atoms with E-state index < -0.39 is 5.60 Å². The Morgan fingerprint density at radius 2 is 1.82 bits per heavy atom. The lowest BCUT2D eigenvalue weighted by atomic mass is 9.78. The maximum atomic E-state index is 12.5. The quantitative estimate of drug-likeness (QED) is 0.368. The number of hydrogen-bond donors (Lipinski definition) is 2. The molecule has 7 heteroatoms. The van der Waals surface area contributed by atoms with Gasteiger partial charge in [-0.15, -0.1) is 0 Å². The van der Waals surface area contributed by atoms with E-state index in [1.165, 1.54) is 24.8 Å². The van der Waals surface area contributed by atoms with Gasteiger partial charge in [-0.1, -0.05) is 55.0 Å². The van der Waals surface area contributed by atoms with Gasteiger partial charge < -0.3 is 15.7 Å². The standard InChI is InChI=1S/C32H35N5O2/c1-32(39,25-7-3-6-22(18-25)20-4-2-5-20)24-11-8-21(9-12-24)28-29-30(33)34-16-17-36(29)31(35-28)23-10-13-26-14-15-27(38)37(26)19-23/h3,6-9,11-12,16-18,20,23,26,39H,2,4-5,10,13-15,19H2,1H3,(H2,33,34)/t23-,26+,32?/m1/s1. The van der Waals surface area contributed by atoms with Gasteiger partial charge >= 0.3 is 0 Å². The molecule has 200 valence electrons. The number of nitrogen functional groups attached to an aromatic ring is 1. The average molecular weight is 522 g/mol. The molecule has 1 aliphatic carbocycles. The molecule has 3 fully saturated rings. The van der Waals surface area contributed by atoms with E-state index >= 15 is 0 Å². The smallest absolute Gasteiger partial charge is 0.222 e. The number of carbonyl (C=O) groups is 1. The van der Waals surface area contributed by atoms with Crippen LogP contribution in [-0.4, -0.2) is 42.9 Å². The van der Waals surface area contributed by atoms with Crippen molar-refractivity contribution in [3.8, 4) is 11.3 Å². The van der Waals surface area contributed by atoms with E-state index in [1.54, 1.807) is 6.20 Å². The number of fused-ring (bicyclic) bond motifs is 2. The second kappa shape index (κ2) is 9.19. The monoisotopic (exact) mass is 521 g/mol. The van der Waals surface area contributed by atoms with Gasteiger partial charge in [-0.3, -0.25) is 9.20 Å². The predicted molar refractivity (Wildman–Crippen MR) is 151 cm³/mol. The molecule has 3 N–H and O–H groups in total. The maximum Gasteiger partial charge on any atom is 0.222 e. The lowest BCUT2D eigenvalue weighted by Gasteiger charge is -2.34. The Morgan fingerprint density at radius 1 is 1.00 bits per heavy atom. The highest BCUT2D eigenvalue weighted by Gasteiger charge is 2.38. The molecule has 7 nitrogen and oxygen atoms in total. The molecule has 1 unspecified atom stereocenters. The lowest BCUT2D eigenvalue weighted by Crippen LogP contribution is -2.41. The molecule has 2 aromatic heterocycles. The number of benzene rings is 2. The first-order valence-electron chi connectivity index (χ1n) is 14.3. The Balaban J connectivity index is 1.23. The summed E-state index contributed by atoms with van der Waals surface area (Å²) in [5, 5.41) is 11.6. The van der Waals surface area contributed by atoms with E-state index in [-0.39, 0.29) is 11.8 Å². The molecule has 1 saturated carbocycles. The Bertz CT molecular complexity index is 1550. The van der Waals surface area contributed by atoms with Crippen LogP contribution in [0.2, 0.25) is 0 Å². The van der Waals surface area contributed by atoms with E-state index in [2.05, 4.69) is 32.5 Å². The van der Waals surface area contributed by atoms with Crippen LogP contribution in [0.4, 0.5) is 5.82 Å². The molecule has 3 atom stereocenters. The van der Waals surface area contributed by atoms with Crippen molar-refractivity contribution in [2.75, 3.05) is 12.3 Å². The Morgan fingerprint density at radius 3 is 2.59 bits per heavy atom. The van der Waals surface area contributed by atoms with Crippen LogP contribution in [0, 0.1) is 0 Å². The minimum absolute atomic E-state index is 0.148. The first-order chi connectivity index (χ1) is 18.9. The van der Waals surface area contributed by atoms with Crippen LogP contribution >= 0.6 is 0 Å². The molecular weight excluding hydrogens is 486 g/mol. The molecule has 0 spiro atoms. The number of piperidine rings is 1. The van der Waals surface area contributed by atoms with Crippen LogP contribution in [-0.2, 0) is 10.4 Å². The van der Waals surface area contributed by atoms with Gasteiger partial charge in [0.25, 0.3) is 0 Å². The molecule has 7 rings (SSSR count). The second-order valence-electron chi connectivity index (χ2n) is 11.8. The highest BCUT2D eigenvalue weighted by molar-refractivity contribution is 5.85. The highest BCUT2D eigenvalue weighted by Crippen LogP contribution is 2.40. The minimum atomic E-state index is -1.11. The summed E-state index contributed by atoms with van der Waals surface area (Å²) < 4.78 is 2.05. The molecule has 2 saturated heterocycles. The third-order valence-corrected chi connectivity index (χ3v) is 9.44. The summed E-state index contributed by atoms with van der Waals surface area (Å²) >= 11 is 0. The summed E-state index contributed by atoms with van der Waals surface area (Å²) in [6.07, 6.45) is 11.0. The predicted octanol–water partition coefficient (Wildman–Crippen LogP) is 5.37. The summed E-state index contributed by atoms with van der Waals surface area (Å²) in [7, 11) is 0. The fourth-order valence-electron chi connectivity index (χ4n) is 6.81. The van der Waals surface area contributed by atoms with Gasteiger partial charge in [0.15, 0.2) is 0 Å². The third-order valence-electron chi connectivity index (χ3n) is 9.44. The second-order valence-corrected chi connectivity index (χ2v) is 11.8. The number of imidazole rings is 1. The van der Waals surface area contributed by atoms with Crippen molar-refractivity contribution in [2.45, 2.75) is 75.3 Å². The van der Waals surface area contributed by atoms with Crippen molar-refractivity contribution in [2.24, 2.45) is 0 Å². The fraction of sp³-hybridized carbons (Fsp3) is 0.406. The summed E-state index contributed by atoms with van der Waals surface area (Å²) in [6.45, 7) is 2.57. The van der Waals surface area contributed by atoms with Gasteiger partial charge in [0, 0.05) is 42.9 Å². The molecule has 1 amide bonds. The molecule has 0 bridgehead atoms. The largest absolute Gasteiger partial charge is 0.382 e. The van der Waals surface area contributed by atoms with E-state index in [1.807, 2.05) is 43.5 Å². The number of rotatable bonds is 5. The molecule has 2 aromatic carbocycles. The van der Waals surface area contributed by atoms with E-state index in [0.29, 0.717) is 30.7 Å². The van der Waals surface area contributed by atoms with Crippen molar-refractivity contribution in [1.82, 2.24) is 19.3 Å². The summed E-state index contributed by atoms with van der Waals surface area (Å²) in [5.74, 6) is 2.38. The number of anilines is 1. The van der Waals surface area contributed by atoms with Crippen molar-refractivity contribution in [3.63, 3.8) is 0 Å². The maximum absolute atomic E-state index is 12.5. The number of amides is 1. The van der Waals surface area contributed by atoms with Crippen LogP contribution in [0.15, 0.2) is 60.9 Å². The highest BCUT2D eigenvalue weighted by atomic mass is 16.3.